The van der Waals surface area contributed by atoms with Crippen molar-refractivity contribution < 1.29 is 9.18 Å². The number of nitrogen functional groups attached to an aromatic ring is 1. The van der Waals surface area contributed by atoms with E-state index < -0.39 is 5.82 Å². The summed E-state index contributed by atoms with van der Waals surface area (Å²) in [6.07, 6.45) is 4.98. The molecule has 4 nitrogen and oxygen atoms in total. The van der Waals surface area contributed by atoms with Crippen LogP contribution >= 0.6 is 0 Å². The average Bonchev–Trinajstić information content (AvgIpc) is 3.26. The van der Waals surface area contributed by atoms with Gasteiger partial charge < -0.3 is 11.1 Å². The standard InChI is InChI=1S/C15H20FN3O/c16-13-6-3-11(7-14(13)17)18-15(20)9-19(12-4-5-12)8-10-1-2-10/h3,6-7,10,12H,1-2,4-5,8-9,17H2,(H,18,20). The van der Waals surface area contributed by atoms with Crippen LogP contribution in [0.25, 0.3) is 0 Å². The molecule has 0 atom stereocenters. The zero-order valence-electron chi connectivity index (χ0n) is 11.4. The van der Waals surface area contributed by atoms with E-state index in [1.165, 1.54) is 43.9 Å². The van der Waals surface area contributed by atoms with Crippen molar-refractivity contribution in [3.63, 3.8) is 0 Å². The summed E-state index contributed by atoms with van der Waals surface area (Å²) in [5.41, 5.74) is 6.10. The maximum Gasteiger partial charge on any atom is 0.238 e. The number of nitrogens with zero attached hydrogens (tertiary/aromatic N) is 1. The monoisotopic (exact) mass is 277 g/mol. The van der Waals surface area contributed by atoms with Gasteiger partial charge in [0.05, 0.1) is 12.2 Å². The van der Waals surface area contributed by atoms with Crippen LogP contribution in [0.5, 0.6) is 0 Å². The number of rotatable bonds is 6. The molecule has 1 aromatic carbocycles. The highest BCUT2D eigenvalue weighted by Crippen LogP contribution is 2.34. The molecular formula is C15H20FN3O. The molecule has 0 saturated heterocycles. The molecule has 0 heterocycles. The van der Waals surface area contributed by atoms with Crippen molar-refractivity contribution in [3.05, 3.63) is 24.0 Å². The molecule has 0 radical (unpaired) electrons. The Morgan fingerprint density at radius 1 is 1.35 bits per heavy atom. The molecule has 0 spiro atoms. The molecule has 2 aliphatic carbocycles. The van der Waals surface area contributed by atoms with E-state index >= 15 is 0 Å². The summed E-state index contributed by atoms with van der Waals surface area (Å²) in [6.45, 7) is 1.45. The molecule has 1 amide bonds. The third-order valence-electron chi connectivity index (χ3n) is 3.88. The Bertz CT molecular complexity index is 512. The van der Waals surface area contributed by atoms with E-state index in [2.05, 4.69) is 10.2 Å². The number of halogens is 1. The molecule has 2 fully saturated rings. The third kappa shape index (κ3) is 3.48. The van der Waals surface area contributed by atoms with Crippen molar-refractivity contribution >= 4 is 17.3 Å². The fourth-order valence-electron chi connectivity index (χ4n) is 2.42. The highest BCUT2D eigenvalue weighted by molar-refractivity contribution is 5.92. The summed E-state index contributed by atoms with van der Waals surface area (Å²) >= 11 is 0. The molecule has 5 heteroatoms. The van der Waals surface area contributed by atoms with Gasteiger partial charge >= 0.3 is 0 Å². The molecule has 20 heavy (non-hydrogen) atoms. The SMILES string of the molecule is Nc1cc(NC(=O)CN(CC2CC2)C2CC2)ccc1F. The second-order valence-electron chi connectivity index (χ2n) is 5.89. The number of hydrogen-bond donors (Lipinski definition) is 2. The number of carbonyl (C=O) groups excluding carboxylic acids is 1. The molecule has 0 bridgehead atoms. The van der Waals surface area contributed by atoms with Crippen molar-refractivity contribution in [1.29, 1.82) is 0 Å². The van der Waals surface area contributed by atoms with Crippen molar-refractivity contribution in [3.8, 4) is 0 Å². The van der Waals surface area contributed by atoms with Crippen LogP contribution in [0.1, 0.15) is 25.7 Å². The van der Waals surface area contributed by atoms with Gasteiger partial charge in [0.15, 0.2) is 0 Å². The molecule has 0 aliphatic heterocycles. The minimum absolute atomic E-state index is 0.0523. The third-order valence-corrected chi connectivity index (χ3v) is 3.88. The van der Waals surface area contributed by atoms with Crippen LogP contribution in [0, 0.1) is 11.7 Å². The lowest BCUT2D eigenvalue weighted by molar-refractivity contribution is -0.117. The van der Waals surface area contributed by atoms with E-state index in [0.29, 0.717) is 18.3 Å². The Morgan fingerprint density at radius 3 is 2.70 bits per heavy atom. The van der Waals surface area contributed by atoms with Gasteiger partial charge in [-0.3, -0.25) is 9.69 Å². The first-order valence-electron chi connectivity index (χ1n) is 7.21. The number of amides is 1. The largest absolute Gasteiger partial charge is 0.396 e. The predicted octanol–water partition coefficient (Wildman–Crippen LogP) is 2.22. The lowest BCUT2D eigenvalue weighted by Crippen LogP contribution is -2.36. The van der Waals surface area contributed by atoms with E-state index in [1.54, 1.807) is 0 Å². The first-order chi connectivity index (χ1) is 9.61. The second kappa shape index (κ2) is 5.40. The Morgan fingerprint density at radius 2 is 2.10 bits per heavy atom. The minimum atomic E-state index is -0.462. The summed E-state index contributed by atoms with van der Waals surface area (Å²) in [4.78, 5) is 14.3. The van der Waals surface area contributed by atoms with E-state index in [9.17, 15) is 9.18 Å². The van der Waals surface area contributed by atoms with E-state index in [4.69, 9.17) is 5.73 Å². The number of nitrogens with one attached hydrogen (secondary N) is 1. The quantitative estimate of drug-likeness (QED) is 0.784. The molecule has 0 aromatic heterocycles. The van der Waals surface area contributed by atoms with Gasteiger partial charge in [-0.15, -0.1) is 0 Å². The molecule has 1 aromatic rings. The zero-order valence-corrected chi connectivity index (χ0v) is 11.4. The smallest absolute Gasteiger partial charge is 0.238 e. The Hall–Kier alpha value is -1.62. The first kappa shape index (κ1) is 13.4. The summed E-state index contributed by atoms with van der Waals surface area (Å²) in [5.74, 6) is 0.268. The summed E-state index contributed by atoms with van der Waals surface area (Å²) < 4.78 is 13.1. The fourth-order valence-corrected chi connectivity index (χ4v) is 2.42. The van der Waals surface area contributed by atoms with Crippen LogP contribution in [-0.4, -0.2) is 29.9 Å². The van der Waals surface area contributed by atoms with Gasteiger partial charge in [0.25, 0.3) is 0 Å². The van der Waals surface area contributed by atoms with Crippen LogP contribution in [-0.2, 0) is 4.79 Å². The van der Waals surface area contributed by atoms with Gasteiger partial charge in [-0.25, -0.2) is 4.39 Å². The molecule has 0 unspecified atom stereocenters. The van der Waals surface area contributed by atoms with Crippen molar-refractivity contribution in [2.24, 2.45) is 5.92 Å². The van der Waals surface area contributed by atoms with Gasteiger partial charge in [0, 0.05) is 18.3 Å². The summed E-state index contributed by atoms with van der Waals surface area (Å²) in [7, 11) is 0. The fraction of sp³-hybridized carbons (Fsp3) is 0.533. The van der Waals surface area contributed by atoms with Crippen molar-refractivity contribution in [2.45, 2.75) is 31.7 Å². The van der Waals surface area contributed by atoms with Gasteiger partial charge in [-0.1, -0.05) is 0 Å². The number of nitrogens with two attached hydrogens (primary N) is 1. The number of benzene rings is 1. The van der Waals surface area contributed by atoms with Crippen molar-refractivity contribution in [1.82, 2.24) is 4.90 Å². The zero-order chi connectivity index (χ0) is 14.1. The lowest BCUT2D eigenvalue weighted by Gasteiger charge is -2.21. The summed E-state index contributed by atoms with van der Waals surface area (Å²) in [6, 6.07) is 4.84. The van der Waals surface area contributed by atoms with Gasteiger partial charge in [0.1, 0.15) is 5.82 Å². The average molecular weight is 277 g/mol. The number of carbonyl (C=O) groups is 1. The van der Waals surface area contributed by atoms with Crippen LogP contribution in [0.4, 0.5) is 15.8 Å². The maximum atomic E-state index is 13.1. The Kier molecular flexibility index (Phi) is 3.61. The van der Waals surface area contributed by atoms with Crippen LogP contribution < -0.4 is 11.1 Å². The highest BCUT2D eigenvalue weighted by Gasteiger charge is 2.34. The molecule has 3 rings (SSSR count). The Labute approximate surface area is 118 Å². The van der Waals surface area contributed by atoms with Crippen LogP contribution in [0.2, 0.25) is 0 Å². The lowest BCUT2D eigenvalue weighted by atomic mass is 10.2. The molecule has 3 N–H and O–H groups in total. The maximum absolute atomic E-state index is 13.1. The topological polar surface area (TPSA) is 58.4 Å². The van der Waals surface area contributed by atoms with E-state index in [1.807, 2.05) is 0 Å². The molecule has 2 saturated carbocycles. The normalized spacial score (nSPS) is 18.3. The highest BCUT2D eigenvalue weighted by atomic mass is 19.1. The predicted molar refractivity (Wildman–Crippen MR) is 76.8 cm³/mol. The van der Waals surface area contributed by atoms with Gasteiger partial charge in [0.2, 0.25) is 5.91 Å². The second-order valence-corrected chi connectivity index (χ2v) is 5.89. The van der Waals surface area contributed by atoms with Crippen LogP contribution in [0.15, 0.2) is 18.2 Å². The number of hydrogen-bond acceptors (Lipinski definition) is 3. The molecule has 2 aliphatic rings. The number of anilines is 2. The first-order valence-corrected chi connectivity index (χ1v) is 7.21. The van der Waals surface area contributed by atoms with E-state index in [0.717, 1.165) is 12.5 Å². The Balaban J connectivity index is 1.55. The van der Waals surface area contributed by atoms with Crippen molar-refractivity contribution in [2.75, 3.05) is 24.1 Å². The molecular weight excluding hydrogens is 257 g/mol. The minimum Gasteiger partial charge on any atom is -0.396 e. The van der Waals surface area contributed by atoms with Crippen LogP contribution in [0.3, 0.4) is 0 Å². The van der Waals surface area contributed by atoms with E-state index in [-0.39, 0.29) is 11.6 Å². The summed E-state index contributed by atoms with van der Waals surface area (Å²) in [5, 5.41) is 2.79. The van der Waals surface area contributed by atoms with Gasteiger partial charge in [-0.2, -0.15) is 0 Å². The van der Waals surface area contributed by atoms with Gasteiger partial charge in [-0.05, 0) is 49.8 Å². The molecule has 108 valence electrons.